The lowest BCUT2D eigenvalue weighted by atomic mass is 10.0. The highest BCUT2D eigenvalue weighted by Gasteiger charge is 2.08. The van der Waals surface area contributed by atoms with Crippen LogP contribution in [0.1, 0.15) is 149 Å². The van der Waals surface area contributed by atoms with Crippen LogP contribution in [-0.2, 0) is 9.47 Å². The van der Waals surface area contributed by atoms with Gasteiger partial charge >= 0.3 is 0 Å². The SMILES string of the molecule is CCCCCCCCCCCCC(CCC)OCCCCCCCCC(C)OCCO. The minimum absolute atomic E-state index is 0.130. The predicted octanol–water partition coefficient (Wildman–Crippen LogP) is 8.61. The fraction of sp³-hybridized carbons (Fsp3) is 1.00. The maximum atomic E-state index is 8.77. The van der Waals surface area contributed by atoms with Crippen molar-refractivity contribution in [2.24, 2.45) is 0 Å². The number of aliphatic hydroxyl groups is 1. The van der Waals surface area contributed by atoms with Gasteiger partial charge < -0.3 is 14.6 Å². The Morgan fingerprint density at radius 2 is 1.03 bits per heavy atom. The number of rotatable bonds is 26. The molecule has 0 aromatic heterocycles. The molecule has 0 aromatic carbocycles. The molecule has 0 aliphatic heterocycles. The van der Waals surface area contributed by atoms with Crippen molar-refractivity contribution in [2.45, 2.75) is 161 Å². The molecule has 0 aliphatic carbocycles. The van der Waals surface area contributed by atoms with Gasteiger partial charge in [0.15, 0.2) is 0 Å². The summed E-state index contributed by atoms with van der Waals surface area (Å²) in [6, 6.07) is 0. The van der Waals surface area contributed by atoms with Gasteiger partial charge in [0.05, 0.1) is 25.4 Å². The monoisotopic (exact) mass is 442 g/mol. The summed E-state index contributed by atoms with van der Waals surface area (Å²) in [6.07, 6.45) is 27.4. The lowest BCUT2D eigenvalue weighted by Crippen LogP contribution is -2.13. The van der Waals surface area contributed by atoms with Crippen LogP contribution in [-0.4, -0.2) is 37.1 Å². The summed E-state index contributed by atoms with van der Waals surface area (Å²) in [5.74, 6) is 0. The third kappa shape index (κ3) is 24.4. The molecule has 3 heteroatoms. The van der Waals surface area contributed by atoms with E-state index in [-0.39, 0.29) is 12.7 Å². The first-order valence-electron chi connectivity index (χ1n) is 14.1. The molecule has 0 heterocycles. The second-order valence-corrected chi connectivity index (χ2v) is 9.57. The van der Waals surface area contributed by atoms with Gasteiger partial charge in [0.1, 0.15) is 0 Å². The zero-order valence-corrected chi connectivity index (χ0v) is 21.7. The summed E-state index contributed by atoms with van der Waals surface area (Å²) in [7, 11) is 0. The second kappa shape index (κ2) is 26.1. The van der Waals surface area contributed by atoms with Gasteiger partial charge in [-0.15, -0.1) is 0 Å². The van der Waals surface area contributed by atoms with E-state index < -0.39 is 0 Å². The Kier molecular flexibility index (Phi) is 26.0. The molecule has 0 aromatic rings. The molecule has 0 amide bonds. The van der Waals surface area contributed by atoms with Crippen molar-refractivity contribution in [3.8, 4) is 0 Å². The number of unbranched alkanes of at least 4 members (excludes halogenated alkanes) is 14. The fourth-order valence-electron chi connectivity index (χ4n) is 4.32. The molecule has 0 saturated carbocycles. The molecule has 0 rings (SSSR count). The first kappa shape index (κ1) is 30.9. The molecule has 0 fully saturated rings. The van der Waals surface area contributed by atoms with Gasteiger partial charge in [-0.05, 0) is 32.6 Å². The van der Waals surface area contributed by atoms with Crippen LogP contribution in [0.25, 0.3) is 0 Å². The Labute approximate surface area is 196 Å². The van der Waals surface area contributed by atoms with Crippen molar-refractivity contribution in [2.75, 3.05) is 19.8 Å². The van der Waals surface area contributed by atoms with Crippen molar-refractivity contribution in [1.29, 1.82) is 0 Å². The minimum atomic E-state index is 0.130. The van der Waals surface area contributed by atoms with Gasteiger partial charge in [0, 0.05) is 6.61 Å². The molecular weight excluding hydrogens is 384 g/mol. The second-order valence-electron chi connectivity index (χ2n) is 9.57. The first-order valence-corrected chi connectivity index (χ1v) is 14.1. The highest BCUT2D eigenvalue weighted by molar-refractivity contribution is 4.59. The van der Waals surface area contributed by atoms with E-state index in [0.29, 0.717) is 12.7 Å². The molecule has 0 spiro atoms. The minimum Gasteiger partial charge on any atom is -0.394 e. The maximum absolute atomic E-state index is 8.77. The molecule has 2 atom stereocenters. The quantitative estimate of drug-likeness (QED) is 0.136. The maximum Gasteiger partial charge on any atom is 0.0701 e. The summed E-state index contributed by atoms with van der Waals surface area (Å²) in [6.45, 7) is 8.23. The van der Waals surface area contributed by atoms with Crippen LogP contribution in [0, 0.1) is 0 Å². The average molecular weight is 443 g/mol. The van der Waals surface area contributed by atoms with Gasteiger partial charge in [0.25, 0.3) is 0 Å². The van der Waals surface area contributed by atoms with Crippen molar-refractivity contribution in [3.63, 3.8) is 0 Å². The molecule has 0 saturated heterocycles. The van der Waals surface area contributed by atoms with Crippen LogP contribution in [0.15, 0.2) is 0 Å². The summed E-state index contributed by atoms with van der Waals surface area (Å²) < 4.78 is 11.7. The van der Waals surface area contributed by atoms with Gasteiger partial charge in [-0.2, -0.15) is 0 Å². The van der Waals surface area contributed by atoms with E-state index in [1.165, 1.54) is 122 Å². The third-order valence-electron chi connectivity index (χ3n) is 6.34. The predicted molar refractivity (Wildman–Crippen MR) is 136 cm³/mol. The first-order chi connectivity index (χ1) is 15.2. The van der Waals surface area contributed by atoms with E-state index in [4.69, 9.17) is 14.6 Å². The normalized spacial score (nSPS) is 13.5. The molecule has 31 heavy (non-hydrogen) atoms. The Morgan fingerprint density at radius 3 is 1.58 bits per heavy atom. The topological polar surface area (TPSA) is 38.7 Å². The molecule has 2 unspecified atom stereocenters. The van der Waals surface area contributed by atoms with Crippen molar-refractivity contribution in [1.82, 2.24) is 0 Å². The number of aliphatic hydroxyl groups excluding tert-OH is 1. The zero-order chi connectivity index (χ0) is 22.8. The summed E-state index contributed by atoms with van der Waals surface area (Å²) in [5.41, 5.74) is 0. The van der Waals surface area contributed by atoms with E-state index in [0.717, 1.165) is 13.0 Å². The third-order valence-corrected chi connectivity index (χ3v) is 6.34. The summed E-state index contributed by atoms with van der Waals surface area (Å²) in [4.78, 5) is 0. The Hall–Kier alpha value is -0.120. The van der Waals surface area contributed by atoms with Crippen molar-refractivity contribution in [3.05, 3.63) is 0 Å². The molecule has 1 N–H and O–H groups in total. The average Bonchev–Trinajstić information content (AvgIpc) is 2.77. The molecular formula is C28H58O3. The molecule has 3 nitrogen and oxygen atoms in total. The van der Waals surface area contributed by atoms with E-state index in [9.17, 15) is 0 Å². The number of ether oxygens (including phenoxy) is 2. The van der Waals surface area contributed by atoms with Crippen LogP contribution < -0.4 is 0 Å². The Balaban J connectivity index is 3.46. The Bertz CT molecular complexity index is 321. The Morgan fingerprint density at radius 1 is 0.516 bits per heavy atom. The highest BCUT2D eigenvalue weighted by atomic mass is 16.5. The van der Waals surface area contributed by atoms with E-state index in [1.54, 1.807) is 0 Å². The van der Waals surface area contributed by atoms with Crippen LogP contribution in [0.2, 0.25) is 0 Å². The zero-order valence-electron chi connectivity index (χ0n) is 21.7. The van der Waals surface area contributed by atoms with E-state index in [2.05, 4.69) is 20.8 Å². The fourth-order valence-corrected chi connectivity index (χ4v) is 4.32. The number of hydrogen-bond acceptors (Lipinski definition) is 3. The van der Waals surface area contributed by atoms with Crippen LogP contribution in [0.5, 0.6) is 0 Å². The van der Waals surface area contributed by atoms with Gasteiger partial charge in [-0.1, -0.05) is 117 Å². The number of hydrogen-bond donors (Lipinski definition) is 1. The molecule has 0 bridgehead atoms. The van der Waals surface area contributed by atoms with Gasteiger partial charge in [0.2, 0.25) is 0 Å². The standard InChI is InChI=1S/C28H58O3/c1-4-6-7-8-9-10-11-12-16-19-23-28(21-5-2)31-25-20-17-14-13-15-18-22-27(3)30-26-24-29/h27-29H,4-26H2,1-3H3. The van der Waals surface area contributed by atoms with E-state index in [1.807, 2.05) is 0 Å². The van der Waals surface area contributed by atoms with Crippen LogP contribution >= 0.6 is 0 Å². The van der Waals surface area contributed by atoms with Crippen molar-refractivity contribution >= 4 is 0 Å². The van der Waals surface area contributed by atoms with Crippen LogP contribution in [0.3, 0.4) is 0 Å². The van der Waals surface area contributed by atoms with E-state index >= 15 is 0 Å². The van der Waals surface area contributed by atoms with Gasteiger partial charge in [-0.25, -0.2) is 0 Å². The van der Waals surface area contributed by atoms with Crippen LogP contribution in [0.4, 0.5) is 0 Å². The van der Waals surface area contributed by atoms with Crippen molar-refractivity contribution < 1.29 is 14.6 Å². The molecule has 0 aliphatic rings. The lowest BCUT2D eigenvalue weighted by Gasteiger charge is -2.17. The largest absolute Gasteiger partial charge is 0.394 e. The highest BCUT2D eigenvalue weighted by Crippen LogP contribution is 2.16. The summed E-state index contributed by atoms with van der Waals surface area (Å²) in [5, 5.41) is 8.77. The smallest absolute Gasteiger partial charge is 0.0701 e. The lowest BCUT2D eigenvalue weighted by molar-refractivity contribution is 0.0332. The van der Waals surface area contributed by atoms with Gasteiger partial charge in [-0.3, -0.25) is 0 Å². The summed E-state index contributed by atoms with van der Waals surface area (Å²) >= 11 is 0. The molecule has 0 radical (unpaired) electrons. The molecule has 188 valence electrons.